The molecule has 1 heterocycles. The van der Waals surface area contributed by atoms with Crippen LogP contribution in [0.5, 0.6) is 0 Å². The zero-order valence-corrected chi connectivity index (χ0v) is 13.0. The van der Waals surface area contributed by atoms with E-state index in [4.69, 9.17) is 4.99 Å². The summed E-state index contributed by atoms with van der Waals surface area (Å²) >= 11 is 0. The first kappa shape index (κ1) is 15.0. The highest BCUT2D eigenvalue weighted by Crippen LogP contribution is 2.12. The van der Waals surface area contributed by atoms with Crippen molar-refractivity contribution in [1.82, 2.24) is 0 Å². The van der Waals surface area contributed by atoms with E-state index in [1.54, 1.807) is 0 Å². The van der Waals surface area contributed by atoms with Gasteiger partial charge in [-0.25, -0.2) is 0 Å². The van der Waals surface area contributed by atoms with Crippen molar-refractivity contribution in [3.8, 4) is 0 Å². The van der Waals surface area contributed by atoms with Gasteiger partial charge in [-0.05, 0) is 29.4 Å². The maximum absolute atomic E-state index is 4.75. The second kappa shape index (κ2) is 7.90. The second-order valence-corrected chi connectivity index (χ2v) is 5.31. The Bertz CT molecular complexity index is 775. The average molecular weight is 297 g/mol. The smallest absolute Gasteiger partial charge is 0.0633 e. The Morgan fingerprint density at radius 2 is 1.30 bits per heavy atom. The van der Waals surface area contributed by atoms with Crippen LogP contribution in [0.4, 0.5) is 0 Å². The first-order valence-corrected chi connectivity index (χ1v) is 7.81. The molecule has 2 aromatic carbocycles. The summed E-state index contributed by atoms with van der Waals surface area (Å²) in [5, 5.41) is 0. The lowest BCUT2D eigenvalue weighted by Gasteiger charge is -1.98. The molecule has 1 aliphatic heterocycles. The summed E-state index contributed by atoms with van der Waals surface area (Å²) in [6, 6.07) is 20.6. The third-order valence-electron chi connectivity index (χ3n) is 3.52. The van der Waals surface area contributed by atoms with Gasteiger partial charge in [0.15, 0.2) is 0 Å². The van der Waals surface area contributed by atoms with Gasteiger partial charge in [0.25, 0.3) is 0 Å². The molecular weight excluding hydrogens is 278 g/mol. The molecule has 1 aliphatic rings. The molecule has 2 aromatic rings. The highest BCUT2D eigenvalue weighted by Gasteiger charge is 1.98. The predicted octanol–water partition coefficient (Wildman–Crippen LogP) is 5.70. The average Bonchev–Trinajstić information content (AvgIpc) is 2.85. The molecule has 0 N–H and O–H groups in total. The van der Waals surface area contributed by atoms with Crippen molar-refractivity contribution in [2.75, 3.05) is 0 Å². The number of benzene rings is 2. The standard InChI is InChI=1S/C22H19N/c1-3-9-19(10-4-1)15-17-21-13-7-8-14-22(23-21)18-16-20-11-5-2-6-12-20/h1-13,15-18H,14H2/b17-15+,18-16+. The first-order chi connectivity index (χ1) is 11.4. The molecule has 0 amide bonds. The van der Waals surface area contributed by atoms with Gasteiger partial charge in [-0.1, -0.05) is 85.0 Å². The zero-order chi connectivity index (χ0) is 15.7. The van der Waals surface area contributed by atoms with Crippen LogP contribution < -0.4 is 0 Å². The van der Waals surface area contributed by atoms with Gasteiger partial charge >= 0.3 is 0 Å². The summed E-state index contributed by atoms with van der Waals surface area (Å²) < 4.78 is 0. The van der Waals surface area contributed by atoms with Crippen molar-refractivity contribution < 1.29 is 0 Å². The number of hydrogen-bond donors (Lipinski definition) is 0. The summed E-state index contributed by atoms with van der Waals surface area (Å²) in [5.41, 5.74) is 4.40. The fourth-order valence-electron chi connectivity index (χ4n) is 2.30. The van der Waals surface area contributed by atoms with Crippen LogP contribution in [0.1, 0.15) is 17.5 Å². The lowest BCUT2D eigenvalue weighted by molar-refractivity contribution is 1.38. The molecule has 0 bridgehead atoms. The topological polar surface area (TPSA) is 12.4 Å². The van der Waals surface area contributed by atoms with Crippen LogP contribution in [0.2, 0.25) is 0 Å². The summed E-state index contributed by atoms with van der Waals surface area (Å²) in [6.07, 6.45) is 15.4. The second-order valence-electron chi connectivity index (χ2n) is 5.31. The number of allylic oxidation sites excluding steroid dienone is 5. The first-order valence-electron chi connectivity index (χ1n) is 7.81. The van der Waals surface area contributed by atoms with Crippen molar-refractivity contribution >= 4 is 17.9 Å². The van der Waals surface area contributed by atoms with E-state index in [-0.39, 0.29) is 0 Å². The van der Waals surface area contributed by atoms with E-state index in [1.165, 1.54) is 11.1 Å². The monoisotopic (exact) mass is 297 g/mol. The Hall–Kier alpha value is -2.93. The summed E-state index contributed by atoms with van der Waals surface area (Å²) in [7, 11) is 0. The molecule has 0 radical (unpaired) electrons. The molecule has 1 heteroatoms. The molecule has 0 spiro atoms. The summed E-state index contributed by atoms with van der Waals surface area (Å²) in [5.74, 6) is 0. The molecule has 0 unspecified atom stereocenters. The van der Waals surface area contributed by atoms with Gasteiger partial charge in [0.2, 0.25) is 0 Å². The minimum Gasteiger partial charge on any atom is -0.253 e. The fraction of sp³-hybridized carbons (Fsp3) is 0.0455. The largest absolute Gasteiger partial charge is 0.253 e. The molecule has 0 atom stereocenters. The Morgan fingerprint density at radius 3 is 1.96 bits per heavy atom. The Balaban J connectivity index is 1.76. The molecule has 1 nitrogen and oxygen atoms in total. The highest BCUT2D eigenvalue weighted by atomic mass is 14.7. The van der Waals surface area contributed by atoms with Crippen LogP contribution in [0.3, 0.4) is 0 Å². The minimum absolute atomic E-state index is 0.850. The van der Waals surface area contributed by atoms with Crippen LogP contribution in [0.15, 0.2) is 102 Å². The summed E-state index contributed by atoms with van der Waals surface area (Å²) in [4.78, 5) is 4.75. The summed E-state index contributed by atoms with van der Waals surface area (Å²) in [6.45, 7) is 0. The van der Waals surface area contributed by atoms with Gasteiger partial charge in [-0.3, -0.25) is 4.99 Å². The number of rotatable bonds is 4. The van der Waals surface area contributed by atoms with E-state index in [9.17, 15) is 0 Å². The predicted molar refractivity (Wildman–Crippen MR) is 100 cm³/mol. The molecule has 0 saturated carbocycles. The lowest BCUT2D eigenvalue weighted by atomic mass is 10.1. The maximum Gasteiger partial charge on any atom is 0.0633 e. The zero-order valence-electron chi connectivity index (χ0n) is 13.0. The van der Waals surface area contributed by atoms with Crippen molar-refractivity contribution in [2.24, 2.45) is 4.99 Å². The molecular formula is C22H19N. The highest BCUT2D eigenvalue weighted by molar-refractivity contribution is 6.00. The normalized spacial score (nSPS) is 14.8. The van der Waals surface area contributed by atoms with Gasteiger partial charge in [0.1, 0.15) is 0 Å². The Labute approximate surface area is 137 Å². The van der Waals surface area contributed by atoms with Crippen molar-refractivity contribution in [1.29, 1.82) is 0 Å². The quantitative estimate of drug-likeness (QED) is 0.686. The number of aliphatic imine (C=N–C) groups is 1. The van der Waals surface area contributed by atoms with E-state index in [0.29, 0.717) is 0 Å². The molecule has 0 saturated heterocycles. The molecule has 0 aromatic heterocycles. The SMILES string of the molecule is C1=CCC(/C=C/c2ccccc2)=NC(/C=C/c2ccccc2)=C1. The third-order valence-corrected chi connectivity index (χ3v) is 3.52. The van der Waals surface area contributed by atoms with Gasteiger partial charge < -0.3 is 0 Å². The van der Waals surface area contributed by atoms with Crippen LogP contribution in [0.25, 0.3) is 12.2 Å². The number of nitrogens with zero attached hydrogens (tertiary/aromatic N) is 1. The third kappa shape index (κ3) is 4.79. The van der Waals surface area contributed by atoms with Crippen LogP contribution in [-0.2, 0) is 0 Å². The fourth-order valence-corrected chi connectivity index (χ4v) is 2.30. The van der Waals surface area contributed by atoms with E-state index in [2.05, 4.69) is 60.7 Å². The van der Waals surface area contributed by atoms with Crippen LogP contribution >= 0.6 is 0 Å². The van der Waals surface area contributed by atoms with Crippen molar-refractivity contribution in [3.63, 3.8) is 0 Å². The van der Waals surface area contributed by atoms with Gasteiger partial charge in [0, 0.05) is 12.1 Å². The van der Waals surface area contributed by atoms with Gasteiger partial charge in [0.05, 0.1) is 5.70 Å². The van der Waals surface area contributed by atoms with Crippen molar-refractivity contribution in [3.05, 3.63) is 108 Å². The molecule has 0 fully saturated rings. The minimum atomic E-state index is 0.850. The van der Waals surface area contributed by atoms with E-state index in [0.717, 1.165) is 17.8 Å². The van der Waals surface area contributed by atoms with Gasteiger partial charge in [-0.15, -0.1) is 0 Å². The molecule has 23 heavy (non-hydrogen) atoms. The van der Waals surface area contributed by atoms with Gasteiger partial charge in [-0.2, -0.15) is 0 Å². The van der Waals surface area contributed by atoms with E-state index >= 15 is 0 Å². The molecule has 112 valence electrons. The Morgan fingerprint density at radius 1 is 0.696 bits per heavy atom. The molecule has 0 aliphatic carbocycles. The van der Waals surface area contributed by atoms with Crippen LogP contribution in [-0.4, -0.2) is 5.71 Å². The van der Waals surface area contributed by atoms with E-state index < -0.39 is 0 Å². The number of hydrogen-bond acceptors (Lipinski definition) is 1. The van der Waals surface area contributed by atoms with E-state index in [1.807, 2.05) is 42.5 Å². The van der Waals surface area contributed by atoms with Crippen LogP contribution in [0, 0.1) is 0 Å². The van der Waals surface area contributed by atoms with Crippen molar-refractivity contribution in [2.45, 2.75) is 6.42 Å². The maximum atomic E-state index is 4.75. The Kier molecular flexibility index (Phi) is 5.15. The lowest BCUT2D eigenvalue weighted by Crippen LogP contribution is -1.90. The molecule has 3 rings (SSSR count).